The quantitative estimate of drug-likeness (QED) is 0.690. The van der Waals surface area contributed by atoms with Gasteiger partial charge in [-0.1, -0.05) is 12.8 Å². The van der Waals surface area contributed by atoms with E-state index in [1.165, 1.54) is 12.8 Å². The minimum Gasteiger partial charge on any atom is -0.374 e. The molecule has 82 valence electrons. The van der Waals surface area contributed by atoms with Gasteiger partial charge in [0.25, 0.3) is 0 Å². The summed E-state index contributed by atoms with van der Waals surface area (Å²) < 4.78 is 7.83. The number of hydrogen-bond donors (Lipinski definition) is 2. The van der Waals surface area contributed by atoms with Gasteiger partial charge in [0.2, 0.25) is 0 Å². The van der Waals surface area contributed by atoms with E-state index in [-0.39, 0.29) is 11.6 Å². The van der Waals surface area contributed by atoms with Crippen LogP contribution in [0.25, 0.3) is 0 Å². The van der Waals surface area contributed by atoms with Crippen LogP contribution in [-0.2, 0) is 4.74 Å². The minimum atomic E-state index is 0.0720. The van der Waals surface area contributed by atoms with E-state index in [1.807, 2.05) is 4.31 Å². The third kappa shape index (κ3) is 2.63. The maximum Gasteiger partial charge on any atom is 0.0887 e. The maximum absolute atomic E-state index is 5.79. The molecule has 0 bridgehead atoms. The normalized spacial score (nSPS) is 30.6. The Balaban J connectivity index is 1.89. The summed E-state index contributed by atoms with van der Waals surface area (Å²) in [5.74, 6) is 0. The number of ether oxygens (including phenoxy) is 1. The van der Waals surface area contributed by atoms with E-state index < -0.39 is 0 Å². The van der Waals surface area contributed by atoms with Gasteiger partial charge in [-0.25, -0.2) is 4.31 Å². The van der Waals surface area contributed by atoms with Crippen molar-refractivity contribution in [2.75, 3.05) is 19.7 Å². The summed E-state index contributed by atoms with van der Waals surface area (Å²) in [6, 6.07) is 0.726. The highest BCUT2D eigenvalue weighted by atomic mass is 32.1. The first-order valence-electron chi connectivity index (χ1n) is 5.41. The van der Waals surface area contributed by atoms with E-state index >= 15 is 0 Å². The second-order valence-corrected chi connectivity index (χ2v) is 5.48. The molecule has 4 heteroatoms. The zero-order chi connectivity index (χ0) is 10.2. The van der Waals surface area contributed by atoms with Crippen LogP contribution >= 0.6 is 12.8 Å². The molecule has 0 radical (unpaired) electrons. The largest absolute Gasteiger partial charge is 0.374 e. The standard InChI is InChI=1S/C10H20N2OS/c1-10(2,11-8-3-4-8)9-7-12(14)5-6-13-9/h8-9,11,14H,3-7H2,1-2H3/t9-/m0/s1. The van der Waals surface area contributed by atoms with Crippen molar-refractivity contribution in [3.63, 3.8) is 0 Å². The van der Waals surface area contributed by atoms with Crippen molar-refractivity contribution < 1.29 is 4.74 Å². The van der Waals surface area contributed by atoms with Crippen molar-refractivity contribution in [3.8, 4) is 0 Å². The van der Waals surface area contributed by atoms with Crippen molar-refractivity contribution in [1.29, 1.82) is 0 Å². The Bertz CT molecular complexity index is 206. The average Bonchev–Trinajstić information content (AvgIpc) is 2.87. The number of hydrogen-bond acceptors (Lipinski definition) is 4. The molecule has 1 saturated heterocycles. The first kappa shape index (κ1) is 10.7. The van der Waals surface area contributed by atoms with Gasteiger partial charge in [-0.05, 0) is 26.7 Å². The molecule has 1 heterocycles. The topological polar surface area (TPSA) is 24.5 Å². The zero-order valence-corrected chi connectivity index (χ0v) is 9.89. The van der Waals surface area contributed by atoms with Gasteiger partial charge in [-0.2, -0.15) is 0 Å². The van der Waals surface area contributed by atoms with Crippen LogP contribution in [0, 0.1) is 0 Å². The Hall–Kier alpha value is 0.230. The van der Waals surface area contributed by atoms with Gasteiger partial charge in [-0.3, -0.25) is 0 Å². The number of morpholine rings is 1. The molecule has 14 heavy (non-hydrogen) atoms. The Morgan fingerprint density at radius 3 is 2.71 bits per heavy atom. The lowest BCUT2D eigenvalue weighted by Crippen LogP contribution is -2.57. The van der Waals surface area contributed by atoms with Crippen LogP contribution in [-0.4, -0.2) is 41.7 Å². The maximum atomic E-state index is 5.79. The molecule has 2 rings (SSSR count). The lowest BCUT2D eigenvalue weighted by molar-refractivity contribution is -0.0441. The van der Waals surface area contributed by atoms with Gasteiger partial charge in [-0.15, -0.1) is 0 Å². The molecular weight excluding hydrogens is 196 g/mol. The van der Waals surface area contributed by atoms with Gasteiger partial charge in [0.1, 0.15) is 0 Å². The molecule has 0 unspecified atom stereocenters. The van der Waals surface area contributed by atoms with E-state index in [0.717, 1.165) is 25.7 Å². The summed E-state index contributed by atoms with van der Waals surface area (Å²) in [6.07, 6.45) is 2.90. The summed E-state index contributed by atoms with van der Waals surface area (Å²) in [7, 11) is 0. The summed E-state index contributed by atoms with van der Waals surface area (Å²) in [4.78, 5) is 0. The Morgan fingerprint density at radius 1 is 1.43 bits per heavy atom. The van der Waals surface area contributed by atoms with Crippen LogP contribution in [0.1, 0.15) is 26.7 Å². The number of rotatable bonds is 3. The van der Waals surface area contributed by atoms with Gasteiger partial charge in [0.15, 0.2) is 0 Å². The van der Waals surface area contributed by atoms with Crippen LogP contribution in [0.5, 0.6) is 0 Å². The smallest absolute Gasteiger partial charge is 0.0887 e. The summed E-state index contributed by atoms with van der Waals surface area (Å²) in [5, 5.41) is 3.63. The monoisotopic (exact) mass is 216 g/mol. The molecular formula is C10H20N2OS. The van der Waals surface area contributed by atoms with E-state index in [0.29, 0.717) is 0 Å². The lowest BCUT2D eigenvalue weighted by Gasteiger charge is -2.40. The fourth-order valence-electron chi connectivity index (χ4n) is 1.92. The van der Waals surface area contributed by atoms with Crippen LogP contribution in [0.15, 0.2) is 0 Å². The van der Waals surface area contributed by atoms with E-state index in [9.17, 15) is 0 Å². The molecule has 2 fully saturated rings. The van der Waals surface area contributed by atoms with Crippen molar-refractivity contribution in [2.24, 2.45) is 0 Å². The van der Waals surface area contributed by atoms with E-state index in [2.05, 4.69) is 32.0 Å². The molecule has 1 N–H and O–H groups in total. The predicted octanol–water partition coefficient (Wildman–Crippen LogP) is 1.06. The third-order valence-corrected chi connectivity index (χ3v) is 3.37. The second kappa shape index (κ2) is 4.00. The molecule has 1 aliphatic heterocycles. The fourth-order valence-corrected chi connectivity index (χ4v) is 2.15. The molecule has 2 aliphatic rings. The minimum absolute atomic E-state index is 0.0720. The average molecular weight is 216 g/mol. The number of nitrogens with zero attached hydrogens (tertiary/aromatic N) is 1. The van der Waals surface area contributed by atoms with Crippen LogP contribution in [0.4, 0.5) is 0 Å². The molecule has 0 amide bonds. The van der Waals surface area contributed by atoms with Crippen molar-refractivity contribution in [3.05, 3.63) is 0 Å². The molecule has 0 aromatic rings. The van der Waals surface area contributed by atoms with E-state index in [4.69, 9.17) is 4.74 Å². The fraction of sp³-hybridized carbons (Fsp3) is 1.00. The van der Waals surface area contributed by atoms with Crippen molar-refractivity contribution >= 4 is 12.8 Å². The molecule has 0 aromatic carbocycles. The molecule has 0 aromatic heterocycles. The van der Waals surface area contributed by atoms with Gasteiger partial charge in [0.05, 0.1) is 12.7 Å². The summed E-state index contributed by atoms with van der Waals surface area (Å²) >= 11 is 4.38. The van der Waals surface area contributed by atoms with Gasteiger partial charge >= 0.3 is 0 Å². The van der Waals surface area contributed by atoms with Crippen LogP contribution in [0.2, 0.25) is 0 Å². The Kier molecular flexibility index (Phi) is 3.07. The van der Waals surface area contributed by atoms with Gasteiger partial charge < -0.3 is 10.1 Å². The molecule has 1 saturated carbocycles. The highest BCUT2D eigenvalue weighted by Gasteiger charge is 2.37. The first-order valence-corrected chi connectivity index (χ1v) is 5.81. The summed E-state index contributed by atoms with van der Waals surface area (Å²) in [5.41, 5.74) is 0.0720. The van der Waals surface area contributed by atoms with E-state index in [1.54, 1.807) is 0 Å². The SMILES string of the molecule is CC(C)(NC1CC1)[C@@H]1CN(S)CCO1. The highest BCUT2D eigenvalue weighted by molar-refractivity contribution is 7.77. The van der Waals surface area contributed by atoms with Crippen molar-refractivity contribution in [1.82, 2.24) is 9.62 Å². The Morgan fingerprint density at radius 2 is 2.14 bits per heavy atom. The molecule has 0 spiro atoms. The lowest BCUT2D eigenvalue weighted by atomic mass is 9.96. The Labute approximate surface area is 91.7 Å². The van der Waals surface area contributed by atoms with Gasteiger partial charge in [0, 0.05) is 24.7 Å². The third-order valence-electron chi connectivity index (χ3n) is 3.00. The number of nitrogens with one attached hydrogen (secondary N) is 1. The molecule has 1 aliphatic carbocycles. The molecule has 3 nitrogen and oxygen atoms in total. The first-order chi connectivity index (χ1) is 6.58. The summed E-state index contributed by atoms with van der Waals surface area (Å²) in [6.45, 7) is 7.09. The zero-order valence-electron chi connectivity index (χ0n) is 8.99. The predicted molar refractivity (Wildman–Crippen MR) is 60.5 cm³/mol. The second-order valence-electron chi connectivity index (χ2n) is 4.91. The molecule has 1 atom stereocenters. The van der Waals surface area contributed by atoms with Crippen LogP contribution < -0.4 is 5.32 Å². The van der Waals surface area contributed by atoms with Crippen molar-refractivity contribution in [2.45, 2.75) is 44.4 Å². The number of thiol groups is 1. The highest BCUT2D eigenvalue weighted by Crippen LogP contribution is 2.26. The van der Waals surface area contributed by atoms with Crippen LogP contribution in [0.3, 0.4) is 0 Å².